The highest BCUT2D eigenvalue weighted by atomic mass is 32.1. The Balaban J connectivity index is 1.77. The maximum absolute atomic E-state index is 12.7. The lowest BCUT2D eigenvalue weighted by atomic mass is 9.95. The fourth-order valence-corrected chi connectivity index (χ4v) is 3.81. The Hall–Kier alpha value is -1.69. The highest BCUT2D eigenvalue weighted by Gasteiger charge is 2.28. The topological polar surface area (TPSA) is 51.0 Å². The molecule has 3 heterocycles. The van der Waals surface area contributed by atoms with Crippen LogP contribution in [0.5, 0.6) is 0 Å². The van der Waals surface area contributed by atoms with Crippen molar-refractivity contribution in [2.75, 3.05) is 13.1 Å². The van der Waals surface area contributed by atoms with Gasteiger partial charge in [0.1, 0.15) is 4.88 Å². The zero-order valence-electron chi connectivity index (χ0n) is 12.7. The second-order valence-corrected chi connectivity index (χ2v) is 6.86. The van der Waals surface area contributed by atoms with Crippen LogP contribution in [0.25, 0.3) is 0 Å². The molecule has 1 fully saturated rings. The largest absolute Gasteiger partial charge is 0.337 e. The first-order chi connectivity index (χ1) is 10.0. The van der Waals surface area contributed by atoms with Gasteiger partial charge >= 0.3 is 0 Å². The molecule has 6 heteroatoms. The third-order valence-electron chi connectivity index (χ3n) is 3.96. The Morgan fingerprint density at radius 2 is 2.24 bits per heavy atom. The molecule has 2 aromatic rings. The van der Waals surface area contributed by atoms with Gasteiger partial charge in [-0.25, -0.2) is 4.98 Å². The monoisotopic (exact) mass is 304 g/mol. The molecule has 0 saturated carbocycles. The van der Waals surface area contributed by atoms with Crippen molar-refractivity contribution in [2.45, 2.75) is 32.6 Å². The van der Waals surface area contributed by atoms with Gasteiger partial charge in [0.2, 0.25) is 0 Å². The van der Waals surface area contributed by atoms with Crippen LogP contribution in [0.15, 0.2) is 12.3 Å². The van der Waals surface area contributed by atoms with E-state index in [0.717, 1.165) is 47.2 Å². The van der Waals surface area contributed by atoms with E-state index < -0.39 is 0 Å². The molecule has 1 saturated heterocycles. The van der Waals surface area contributed by atoms with Gasteiger partial charge in [0.05, 0.1) is 16.4 Å². The van der Waals surface area contributed by atoms with Crippen molar-refractivity contribution in [3.63, 3.8) is 0 Å². The Kier molecular flexibility index (Phi) is 3.80. The number of hydrogen-bond acceptors (Lipinski definition) is 4. The van der Waals surface area contributed by atoms with Crippen molar-refractivity contribution >= 4 is 17.2 Å². The van der Waals surface area contributed by atoms with Crippen LogP contribution in [0, 0.1) is 13.8 Å². The van der Waals surface area contributed by atoms with Crippen LogP contribution in [0.2, 0.25) is 0 Å². The first-order valence-corrected chi connectivity index (χ1v) is 8.09. The minimum absolute atomic E-state index is 0.124. The van der Waals surface area contributed by atoms with Crippen molar-refractivity contribution < 1.29 is 4.79 Å². The molecule has 0 radical (unpaired) electrons. The van der Waals surface area contributed by atoms with E-state index in [4.69, 9.17) is 0 Å². The normalized spacial score (nSPS) is 19.0. The van der Waals surface area contributed by atoms with E-state index in [9.17, 15) is 4.79 Å². The molecule has 0 N–H and O–H groups in total. The molecule has 21 heavy (non-hydrogen) atoms. The van der Waals surface area contributed by atoms with Gasteiger partial charge in [-0.1, -0.05) is 0 Å². The third kappa shape index (κ3) is 2.85. The van der Waals surface area contributed by atoms with E-state index in [1.54, 1.807) is 0 Å². The zero-order valence-corrected chi connectivity index (χ0v) is 13.5. The number of amides is 1. The van der Waals surface area contributed by atoms with Gasteiger partial charge in [-0.3, -0.25) is 9.48 Å². The quantitative estimate of drug-likeness (QED) is 0.856. The molecule has 5 nitrogen and oxygen atoms in total. The molecule has 0 unspecified atom stereocenters. The average Bonchev–Trinajstić information content (AvgIpc) is 3.04. The van der Waals surface area contributed by atoms with Crippen LogP contribution in [-0.4, -0.2) is 38.7 Å². The predicted molar refractivity (Wildman–Crippen MR) is 82.7 cm³/mol. The minimum atomic E-state index is 0.124. The summed E-state index contributed by atoms with van der Waals surface area (Å²) >= 11 is 1.50. The number of likely N-dealkylation sites (tertiary alicyclic amines) is 1. The van der Waals surface area contributed by atoms with Crippen LogP contribution in [0.1, 0.15) is 44.8 Å². The lowest BCUT2D eigenvalue weighted by Gasteiger charge is -2.31. The molecule has 1 aliphatic rings. The first kappa shape index (κ1) is 14.3. The van der Waals surface area contributed by atoms with E-state index in [1.807, 2.05) is 36.7 Å². The fourth-order valence-electron chi connectivity index (χ4n) is 2.93. The number of rotatable bonds is 2. The lowest BCUT2D eigenvalue weighted by molar-refractivity contribution is 0.0709. The second kappa shape index (κ2) is 5.60. The Morgan fingerprint density at radius 1 is 1.43 bits per heavy atom. The molecule has 0 spiro atoms. The van der Waals surface area contributed by atoms with Gasteiger partial charge in [-0.15, -0.1) is 11.3 Å². The summed E-state index contributed by atoms with van der Waals surface area (Å²) in [4.78, 5) is 19.8. The van der Waals surface area contributed by atoms with Gasteiger partial charge in [-0.05, 0) is 32.8 Å². The van der Waals surface area contributed by atoms with Crippen molar-refractivity contribution in [3.05, 3.63) is 33.5 Å². The van der Waals surface area contributed by atoms with Crippen LogP contribution in [0.4, 0.5) is 0 Å². The standard InChI is InChI=1S/C15H20N4OS/c1-10-14(21-11(2)16-10)15(20)19-7-4-5-12(9-19)13-6-8-18(3)17-13/h6,8,12H,4-5,7,9H2,1-3H3/t12-/m0/s1. The summed E-state index contributed by atoms with van der Waals surface area (Å²) in [5.74, 6) is 0.469. The summed E-state index contributed by atoms with van der Waals surface area (Å²) in [6, 6.07) is 2.06. The van der Waals surface area contributed by atoms with E-state index in [-0.39, 0.29) is 5.91 Å². The molecule has 0 bridgehead atoms. The minimum Gasteiger partial charge on any atom is -0.337 e. The summed E-state index contributed by atoms with van der Waals surface area (Å²) in [6.45, 7) is 5.45. The molecule has 1 amide bonds. The Bertz CT molecular complexity index is 660. The Labute approximate surface area is 128 Å². The number of aromatic nitrogens is 3. The Morgan fingerprint density at radius 3 is 2.86 bits per heavy atom. The van der Waals surface area contributed by atoms with Gasteiger partial charge in [0.15, 0.2) is 0 Å². The number of aryl methyl sites for hydroxylation is 3. The summed E-state index contributed by atoms with van der Waals surface area (Å²) in [5.41, 5.74) is 1.94. The summed E-state index contributed by atoms with van der Waals surface area (Å²) in [5, 5.41) is 5.44. The number of carbonyl (C=O) groups is 1. The van der Waals surface area contributed by atoms with E-state index >= 15 is 0 Å². The molecule has 1 aliphatic heterocycles. The summed E-state index contributed by atoms with van der Waals surface area (Å²) in [7, 11) is 1.93. The number of thiazole rings is 1. The maximum atomic E-state index is 12.7. The fraction of sp³-hybridized carbons (Fsp3) is 0.533. The summed E-state index contributed by atoms with van der Waals surface area (Å²) < 4.78 is 1.83. The van der Waals surface area contributed by atoms with Crippen molar-refractivity contribution in [1.29, 1.82) is 0 Å². The first-order valence-electron chi connectivity index (χ1n) is 7.27. The predicted octanol–water partition coefficient (Wildman–Crippen LogP) is 2.51. The highest BCUT2D eigenvalue weighted by molar-refractivity contribution is 7.13. The average molecular weight is 304 g/mol. The van der Waals surface area contributed by atoms with Crippen LogP contribution >= 0.6 is 11.3 Å². The molecule has 2 aromatic heterocycles. The molecule has 0 aromatic carbocycles. The molecule has 3 rings (SSSR count). The SMILES string of the molecule is Cc1nc(C)c(C(=O)N2CCC[C@H](c3ccn(C)n3)C2)s1. The number of hydrogen-bond donors (Lipinski definition) is 0. The van der Waals surface area contributed by atoms with Gasteiger partial charge in [0.25, 0.3) is 5.91 Å². The number of nitrogens with zero attached hydrogens (tertiary/aromatic N) is 4. The second-order valence-electron chi connectivity index (χ2n) is 5.65. The lowest BCUT2D eigenvalue weighted by Crippen LogP contribution is -2.39. The highest BCUT2D eigenvalue weighted by Crippen LogP contribution is 2.28. The third-order valence-corrected chi connectivity index (χ3v) is 5.02. The van der Waals surface area contributed by atoms with Crippen molar-refractivity contribution in [2.24, 2.45) is 7.05 Å². The van der Waals surface area contributed by atoms with Crippen molar-refractivity contribution in [3.8, 4) is 0 Å². The molecule has 1 atom stereocenters. The molecular formula is C15H20N4OS. The van der Waals surface area contributed by atoms with E-state index in [1.165, 1.54) is 11.3 Å². The molecule has 0 aliphatic carbocycles. The van der Waals surface area contributed by atoms with E-state index in [0.29, 0.717) is 5.92 Å². The van der Waals surface area contributed by atoms with Crippen LogP contribution in [-0.2, 0) is 7.05 Å². The number of carbonyl (C=O) groups excluding carboxylic acids is 1. The smallest absolute Gasteiger partial charge is 0.265 e. The zero-order chi connectivity index (χ0) is 15.0. The van der Waals surface area contributed by atoms with Crippen LogP contribution in [0.3, 0.4) is 0 Å². The van der Waals surface area contributed by atoms with E-state index in [2.05, 4.69) is 16.1 Å². The van der Waals surface area contributed by atoms with Gasteiger partial charge in [0, 0.05) is 32.3 Å². The molecular weight excluding hydrogens is 284 g/mol. The number of piperidine rings is 1. The van der Waals surface area contributed by atoms with Crippen LogP contribution < -0.4 is 0 Å². The van der Waals surface area contributed by atoms with Gasteiger partial charge < -0.3 is 4.90 Å². The van der Waals surface area contributed by atoms with Crippen molar-refractivity contribution in [1.82, 2.24) is 19.7 Å². The summed E-state index contributed by atoms with van der Waals surface area (Å²) in [6.07, 6.45) is 4.10. The molecule has 112 valence electrons. The van der Waals surface area contributed by atoms with Gasteiger partial charge in [-0.2, -0.15) is 5.10 Å². The maximum Gasteiger partial charge on any atom is 0.265 e.